The van der Waals surface area contributed by atoms with Crippen LogP contribution in [0.25, 0.3) is 9.85 Å². The van der Waals surface area contributed by atoms with Gasteiger partial charge in [0.1, 0.15) is 22.7 Å². The van der Waals surface area contributed by atoms with Crippen molar-refractivity contribution in [1.82, 2.24) is 14.8 Å². The number of ketones is 1. The summed E-state index contributed by atoms with van der Waals surface area (Å²) in [6.45, 7) is 15.9. The molecule has 0 unspecified atom stereocenters. The Morgan fingerprint density at radius 1 is 1.24 bits per heavy atom. The average Bonchev–Trinajstić information content (AvgIpc) is 3.26. The summed E-state index contributed by atoms with van der Waals surface area (Å²) in [6.07, 6.45) is 1.67. The minimum absolute atomic E-state index is 0.177. The van der Waals surface area contributed by atoms with Gasteiger partial charge in [-0.1, -0.05) is 37.6 Å². The van der Waals surface area contributed by atoms with Gasteiger partial charge >= 0.3 is 0 Å². The maximum atomic E-state index is 12.9. The lowest BCUT2D eigenvalue weighted by molar-refractivity contribution is -0.119. The van der Waals surface area contributed by atoms with E-state index in [9.17, 15) is 4.79 Å². The predicted molar refractivity (Wildman–Crippen MR) is 133 cm³/mol. The van der Waals surface area contributed by atoms with Crippen molar-refractivity contribution in [3.05, 3.63) is 73.9 Å². The molecule has 0 spiro atoms. The third kappa shape index (κ3) is 4.64. The number of thiophene rings is 1. The summed E-state index contributed by atoms with van der Waals surface area (Å²) in [7, 11) is 0. The number of fused-ring (bicyclic) bond motifs is 3. The number of hydrogen-bond acceptors (Lipinski definition) is 5. The monoisotopic (exact) mass is 479 g/mol. The third-order valence-corrected chi connectivity index (χ3v) is 7.38. The molecule has 1 aliphatic heterocycles. The number of carbonyl (C=O) groups excluding carboxylic acids is 1. The van der Waals surface area contributed by atoms with Gasteiger partial charge < -0.3 is 4.85 Å². The van der Waals surface area contributed by atoms with Crippen LogP contribution >= 0.6 is 22.9 Å². The van der Waals surface area contributed by atoms with E-state index in [-0.39, 0.29) is 12.2 Å². The maximum Gasteiger partial charge on any atom is 0.249 e. The average molecular weight is 480 g/mol. The molecule has 0 radical (unpaired) electrons. The van der Waals surface area contributed by atoms with Crippen molar-refractivity contribution in [1.29, 1.82) is 0 Å². The molecule has 3 heterocycles. The van der Waals surface area contributed by atoms with Crippen molar-refractivity contribution < 1.29 is 4.79 Å². The van der Waals surface area contributed by atoms with Crippen molar-refractivity contribution >= 4 is 34.4 Å². The zero-order valence-corrected chi connectivity index (χ0v) is 20.8. The molecular weight excluding hydrogens is 454 g/mol. The molecule has 0 amide bonds. The Morgan fingerprint density at radius 3 is 2.64 bits per heavy atom. The lowest BCUT2D eigenvalue weighted by Gasteiger charge is -2.13. The van der Waals surface area contributed by atoms with Gasteiger partial charge in [0.25, 0.3) is 0 Å². The molecule has 1 atom stereocenters. The van der Waals surface area contributed by atoms with Crippen molar-refractivity contribution in [3.63, 3.8) is 0 Å². The molecule has 1 aromatic carbocycles. The van der Waals surface area contributed by atoms with Crippen LogP contribution in [-0.4, -0.2) is 26.3 Å². The van der Waals surface area contributed by atoms with Crippen LogP contribution in [0, 0.1) is 26.3 Å². The summed E-state index contributed by atoms with van der Waals surface area (Å²) in [6, 6.07) is 7.17. The van der Waals surface area contributed by atoms with Crippen LogP contribution in [0.1, 0.15) is 72.4 Å². The molecule has 3 aromatic rings. The van der Waals surface area contributed by atoms with Crippen molar-refractivity contribution in [3.8, 4) is 5.00 Å². The van der Waals surface area contributed by atoms with E-state index in [2.05, 4.69) is 28.9 Å². The molecule has 0 aliphatic carbocycles. The van der Waals surface area contributed by atoms with Crippen LogP contribution in [0.2, 0.25) is 5.02 Å². The van der Waals surface area contributed by atoms with E-state index in [1.54, 1.807) is 11.3 Å². The second-order valence-corrected chi connectivity index (χ2v) is 10.3. The van der Waals surface area contributed by atoms with E-state index in [1.165, 1.54) is 0 Å². The van der Waals surface area contributed by atoms with Crippen LogP contribution < -0.4 is 0 Å². The number of carbonyl (C=O) groups is 1. The number of halogens is 1. The zero-order chi connectivity index (χ0) is 23.7. The van der Waals surface area contributed by atoms with Gasteiger partial charge in [-0.05, 0) is 43.9 Å². The highest BCUT2D eigenvalue weighted by Crippen LogP contribution is 2.40. The first kappa shape index (κ1) is 23.3. The molecule has 0 saturated carbocycles. The number of benzene rings is 1. The summed E-state index contributed by atoms with van der Waals surface area (Å²) < 4.78 is 2.02. The van der Waals surface area contributed by atoms with Crippen molar-refractivity contribution in [2.24, 2.45) is 10.9 Å². The topological polar surface area (TPSA) is 64.5 Å². The summed E-state index contributed by atoms with van der Waals surface area (Å²) in [4.78, 5) is 22.6. The fraction of sp³-hybridized carbons (Fsp3) is 0.400. The molecular formula is C25H26ClN5OS. The zero-order valence-electron chi connectivity index (χ0n) is 19.2. The first-order valence-corrected chi connectivity index (χ1v) is 12.2. The van der Waals surface area contributed by atoms with E-state index in [0.717, 1.165) is 44.5 Å². The van der Waals surface area contributed by atoms with Gasteiger partial charge in [0.15, 0.2) is 5.82 Å². The SMILES string of the molecule is [C-]#[N+]Cc1sc2c(c1C)C(c1ccc(Cl)cc1)=N[C@@H](CC(=O)CCC(C)C)c1nnc(C)n1-2. The largest absolute Gasteiger partial charge is 0.311 e. The lowest BCUT2D eigenvalue weighted by Crippen LogP contribution is -2.12. The van der Waals surface area contributed by atoms with E-state index in [4.69, 9.17) is 23.2 Å². The molecule has 0 N–H and O–H groups in total. The van der Waals surface area contributed by atoms with E-state index >= 15 is 0 Å². The van der Waals surface area contributed by atoms with Crippen LogP contribution in [0.4, 0.5) is 0 Å². The number of hydrogen-bond donors (Lipinski definition) is 0. The highest BCUT2D eigenvalue weighted by Gasteiger charge is 2.33. The maximum absolute atomic E-state index is 12.9. The predicted octanol–water partition coefficient (Wildman–Crippen LogP) is 6.31. The van der Waals surface area contributed by atoms with E-state index < -0.39 is 6.04 Å². The lowest BCUT2D eigenvalue weighted by atomic mass is 9.99. The van der Waals surface area contributed by atoms with Crippen LogP contribution in [0.15, 0.2) is 29.3 Å². The van der Waals surface area contributed by atoms with Gasteiger partial charge in [-0.3, -0.25) is 14.4 Å². The van der Waals surface area contributed by atoms with Gasteiger partial charge in [-0.2, -0.15) is 0 Å². The Labute approximate surface area is 203 Å². The molecule has 1 aliphatic rings. The Balaban J connectivity index is 1.90. The Bertz CT molecular complexity index is 1260. The Kier molecular flexibility index (Phi) is 6.78. The molecule has 170 valence electrons. The molecule has 8 heteroatoms. The number of rotatable bonds is 7. The van der Waals surface area contributed by atoms with Gasteiger partial charge in [0.2, 0.25) is 6.54 Å². The number of aryl methyl sites for hydroxylation is 1. The molecule has 2 aromatic heterocycles. The smallest absolute Gasteiger partial charge is 0.249 e. The molecule has 4 rings (SSSR count). The summed E-state index contributed by atoms with van der Waals surface area (Å²) >= 11 is 7.73. The van der Waals surface area contributed by atoms with Crippen molar-refractivity contribution in [2.75, 3.05) is 0 Å². The molecule has 6 nitrogen and oxygen atoms in total. The first-order chi connectivity index (χ1) is 15.8. The normalized spacial score (nSPS) is 14.9. The number of aromatic nitrogens is 3. The second-order valence-electron chi connectivity index (χ2n) is 8.76. The van der Waals surface area contributed by atoms with Gasteiger partial charge in [-0.15, -0.1) is 21.5 Å². The van der Waals surface area contributed by atoms with E-state index in [0.29, 0.717) is 29.7 Å². The fourth-order valence-corrected chi connectivity index (χ4v) is 5.47. The van der Waals surface area contributed by atoms with Crippen LogP contribution in [-0.2, 0) is 11.3 Å². The fourth-order valence-electron chi connectivity index (χ4n) is 4.06. The third-order valence-electron chi connectivity index (χ3n) is 5.86. The highest BCUT2D eigenvalue weighted by molar-refractivity contribution is 7.15. The summed E-state index contributed by atoms with van der Waals surface area (Å²) in [5.41, 5.74) is 3.73. The number of aliphatic imine (C=N–C) groups is 1. The van der Waals surface area contributed by atoms with Crippen LogP contribution in [0.3, 0.4) is 0 Å². The number of nitrogens with zero attached hydrogens (tertiary/aromatic N) is 5. The second kappa shape index (κ2) is 9.58. The Hall–Kier alpha value is -2.82. The van der Waals surface area contributed by atoms with Crippen LogP contribution in [0.5, 0.6) is 0 Å². The minimum Gasteiger partial charge on any atom is -0.311 e. The molecule has 0 fully saturated rings. The molecule has 33 heavy (non-hydrogen) atoms. The quantitative estimate of drug-likeness (QED) is 0.373. The molecule has 0 saturated heterocycles. The summed E-state index contributed by atoms with van der Waals surface area (Å²) in [5, 5.41) is 10.4. The standard InChI is InChI=1S/C25H26ClN5OS/c1-14(2)6-11-19(32)12-20-24-30-29-16(4)31(24)25-22(15(3)21(33-25)13-27-5)23(28-20)17-7-9-18(26)10-8-17/h7-10,14,20H,6,11-13H2,1-4H3/t20-/m0/s1. The highest BCUT2D eigenvalue weighted by atomic mass is 35.5. The summed E-state index contributed by atoms with van der Waals surface area (Å²) in [5.74, 6) is 2.06. The minimum atomic E-state index is -0.431. The Morgan fingerprint density at radius 2 is 1.97 bits per heavy atom. The molecule has 0 bridgehead atoms. The van der Waals surface area contributed by atoms with Gasteiger partial charge in [0, 0.05) is 29.0 Å². The van der Waals surface area contributed by atoms with Crippen molar-refractivity contribution in [2.45, 2.75) is 59.5 Å². The van der Waals surface area contributed by atoms with Gasteiger partial charge in [-0.25, -0.2) is 6.57 Å². The van der Waals surface area contributed by atoms with E-state index in [1.807, 2.05) is 42.7 Å². The number of Topliss-reactive ketones (excluding diaryl/α,β-unsaturated/α-hetero) is 1. The first-order valence-electron chi connectivity index (χ1n) is 11.0. The van der Waals surface area contributed by atoms with Gasteiger partial charge in [0.05, 0.1) is 10.6 Å².